The van der Waals surface area contributed by atoms with E-state index in [1.165, 1.54) is 24.3 Å². The Balaban J connectivity index is 0.00000101. The summed E-state index contributed by atoms with van der Waals surface area (Å²) in [5.41, 5.74) is 0.169. The quantitative estimate of drug-likeness (QED) is 0.186. The molecule has 1 aromatic carbocycles. The average molecular weight is 421 g/mol. The van der Waals surface area contributed by atoms with Crippen molar-refractivity contribution < 1.29 is 37.5 Å². The van der Waals surface area contributed by atoms with Gasteiger partial charge in [0, 0.05) is 12.1 Å². The lowest BCUT2D eigenvalue weighted by molar-refractivity contribution is -0.384. The van der Waals surface area contributed by atoms with E-state index >= 15 is 0 Å². The first-order valence-electron chi connectivity index (χ1n) is 6.18. The minimum Gasteiger partial charge on any atom is -0.394 e. The third kappa shape index (κ3) is 10.1. The first kappa shape index (κ1) is 23.5. The predicted octanol–water partition coefficient (Wildman–Crippen LogP) is 0.256. The highest BCUT2D eigenvalue weighted by molar-refractivity contribution is 7.79. The molecule has 0 aliphatic heterocycles. The molecule has 0 aliphatic carbocycles. The van der Waals surface area contributed by atoms with Gasteiger partial charge in [0.05, 0.1) is 17.6 Å². The van der Waals surface area contributed by atoms with Gasteiger partial charge >= 0.3 is 10.4 Å². The van der Waals surface area contributed by atoms with Gasteiger partial charge in [-0.2, -0.15) is 8.42 Å². The molecule has 1 amide bonds. The molecule has 0 fully saturated rings. The molecule has 1 rings (SSSR count). The number of rotatable bonds is 6. The van der Waals surface area contributed by atoms with Crippen LogP contribution < -0.4 is 5.32 Å². The second kappa shape index (κ2) is 10.5. The van der Waals surface area contributed by atoms with Gasteiger partial charge in [-0.15, -0.1) is 0 Å². The Hall–Kier alpha value is -1.54. The van der Waals surface area contributed by atoms with Crippen LogP contribution in [0.15, 0.2) is 24.3 Å². The number of alkyl halides is 2. The van der Waals surface area contributed by atoms with Crippen molar-refractivity contribution in [2.75, 3.05) is 6.61 Å². The monoisotopic (exact) mass is 420 g/mol. The zero-order valence-electron chi connectivity index (χ0n) is 12.2. The van der Waals surface area contributed by atoms with Crippen LogP contribution in [0.5, 0.6) is 0 Å². The molecule has 0 spiro atoms. The van der Waals surface area contributed by atoms with Crippen LogP contribution in [0.2, 0.25) is 0 Å². The molecule has 0 aliphatic rings. The topological polar surface area (TPSA) is 187 Å². The normalized spacial score (nSPS) is 13.4. The molecule has 0 bridgehead atoms. The maximum atomic E-state index is 11.3. The third-order valence-electron chi connectivity index (χ3n) is 2.55. The smallest absolute Gasteiger partial charge is 0.394 e. The SMILES string of the molecule is O=C(N[C@H](CO)[C@H](O)c1ccc([N+](=O)[O-])cc1)C(Cl)Cl.O=S(=O)(O)O. The van der Waals surface area contributed by atoms with E-state index in [2.05, 4.69) is 5.32 Å². The number of non-ortho nitro benzene ring substituents is 1. The van der Waals surface area contributed by atoms with Gasteiger partial charge in [0.25, 0.3) is 11.6 Å². The van der Waals surface area contributed by atoms with Crippen LogP contribution in [0.25, 0.3) is 0 Å². The van der Waals surface area contributed by atoms with Crippen LogP contribution in [0.4, 0.5) is 5.69 Å². The van der Waals surface area contributed by atoms with Crippen LogP contribution in [0, 0.1) is 10.1 Å². The van der Waals surface area contributed by atoms with Gasteiger partial charge in [-0.05, 0) is 17.7 Å². The lowest BCUT2D eigenvalue weighted by Crippen LogP contribution is -2.44. The number of nitro benzene ring substituents is 1. The van der Waals surface area contributed by atoms with Gasteiger partial charge in [0.15, 0.2) is 4.84 Å². The molecule has 25 heavy (non-hydrogen) atoms. The number of carbonyl (C=O) groups is 1. The van der Waals surface area contributed by atoms with E-state index in [1.807, 2.05) is 0 Å². The van der Waals surface area contributed by atoms with Crippen LogP contribution in [0.3, 0.4) is 0 Å². The van der Waals surface area contributed by atoms with Crippen molar-refractivity contribution in [2.45, 2.75) is 17.0 Å². The fourth-order valence-corrected chi connectivity index (χ4v) is 1.62. The van der Waals surface area contributed by atoms with Gasteiger partial charge in [0.1, 0.15) is 6.10 Å². The largest absolute Gasteiger partial charge is 0.394 e. The number of amides is 1. The second-order valence-corrected chi connectivity index (χ2v) is 6.33. The van der Waals surface area contributed by atoms with E-state index in [4.69, 9.17) is 45.8 Å². The number of hydrogen-bond donors (Lipinski definition) is 5. The molecule has 0 aromatic heterocycles. The van der Waals surface area contributed by atoms with Crippen molar-refractivity contribution in [2.24, 2.45) is 0 Å². The Morgan fingerprint density at radius 3 is 2.00 bits per heavy atom. The fraction of sp³-hybridized carbons (Fsp3) is 0.364. The van der Waals surface area contributed by atoms with E-state index in [9.17, 15) is 20.0 Å². The Labute approximate surface area is 151 Å². The summed E-state index contributed by atoms with van der Waals surface area (Å²) in [6.45, 7) is -0.551. The molecule has 0 radical (unpaired) electrons. The zero-order chi connectivity index (χ0) is 19.8. The highest BCUT2D eigenvalue weighted by atomic mass is 35.5. The highest BCUT2D eigenvalue weighted by Crippen LogP contribution is 2.20. The zero-order valence-corrected chi connectivity index (χ0v) is 14.5. The molecular weight excluding hydrogens is 407 g/mol. The summed E-state index contributed by atoms with van der Waals surface area (Å²) in [7, 11) is -4.67. The number of aliphatic hydroxyl groups excluding tert-OH is 2. The number of aliphatic hydroxyl groups is 2. The molecule has 11 nitrogen and oxygen atoms in total. The van der Waals surface area contributed by atoms with Gasteiger partial charge in [0.2, 0.25) is 0 Å². The van der Waals surface area contributed by atoms with Crippen molar-refractivity contribution in [1.29, 1.82) is 0 Å². The maximum absolute atomic E-state index is 11.3. The van der Waals surface area contributed by atoms with Gasteiger partial charge < -0.3 is 15.5 Å². The van der Waals surface area contributed by atoms with Gasteiger partial charge in [-0.25, -0.2) is 0 Å². The Bertz CT molecular complexity index is 673. The molecule has 0 heterocycles. The minimum atomic E-state index is -4.67. The predicted molar refractivity (Wildman–Crippen MR) is 86.7 cm³/mol. The molecule has 5 N–H and O–H groups in total. The molecule has 2 atom stereocenters. The summed E-state index contributed by atoms with van der Waals surface area (Å²) in [5, 5.41) is 31.9. The summed E-state index contributed by atoms with van der Waals surface area (Å²) in [6, 6.07) is 4.05. The number of nitro groups is 1. The van der Waals surface area contributed by atoms with Crippen LogP contribution in [0.1, 0.15) is 11.7 Å². The van der Waals surface area contributed by atoms with Crippen LogP contribution in [-0.2, 0) is 15.2 Å². The van der Waals surface area contributed by atoms with E-state index in [1.54, 1.807) is 0 Å². The molecular formula is C11H14Cl2N2O9S. The molecule has 0 saturated heterocycles. The van der Waals surface area contributed by atoms with E-state index < -0.39 is 44.8 Å². The van der Waals surface area contributed by atoms with Crippen molar-refractivity contribution >= 4 is 45.2 Å². The lowest BCUT2D eigenvalue weighted by Gasteiger charge is -2.22. The number of nitrogens with one attached hydrogen (secondary N) is 1. The maximum Gasteiger partial charge on any atom is 0.394 e. The molecule has 1 aromatic rings. The fourth-order valence-electron chi connectivity index (χ4n) is 1.50. The molecule has 0 saturated carbocycles. The lowest BCUT2D eigenvalue weighted by atomic mass is 10.0. The summed E-state index contributed by atoms with van der Waals surface area (Å²) in [5.74, 6) is -0.756. The van der Waals surface area contributed by atoms with Crippen molar-refractivity contribution in [3.05, 3.63) is 39.9 Å². The van der Waals surface area contributed by atoms with E-state index in [-0.39, 0.29) is 5.69 Å². The number of halogens is 2. The Morgan fingerprint density at radius 2 is 1.68 bits per heavy atom. The minimum absolute atomic E-state index is 0.132. The molecule has 142 valence electrons. The van der Waals surface area contributed by atoms with E-state index in [0.29, 0.717) is 5.56 Å². The average Bonchev–Trinajstić information content (AvgIpc) is 2.50. The van der Waals surface area contributed by atoms with E-state index in [0.717, 1.165) is 0 Å². The number of benzene rings is 1. The summed E-state index contributed by atoms with van der Waals surface area (Å²) < 4.78 is 31.6. The van der Waals surface area contributed by atoms with Crippen molar-refractivity contribution in [3.8, 4) is 0 Å². The van der Waals surface area contributed by atoms with Crippen LogP contribution >= 0.6 is 23.2 Å². The highest BCUT2D eigenvalue weighted by Gasteiger charge is 2.24. The number of nitrogens with zero attached hydrogens (tertiary/aromatic N) is 1. The Morgan fingerprint density at radius 1 is 1.24 bits per heavy atom. The Kier molecular flexibility index (Phi) is 9.81. The number of hydrogen-bond acceptors (Lipinski definition) is 7. The van der Waals surface area contributed by atoms with Crippen molar-refractivity contribution in [3.63, 3.8) is 0 Å². The van der Waals surface area contributed by atoms with Gasteiger partial charge in [-0.3, -0.25) is 24.0 Å². The number of carbonyl (C=O) groups excluding carboxylic acids is 1. The van der Waals surface area contributed by atoms with Crippen LogP contribution in [-0.4, -0.2) is 56.1 Å². The second-order valence-electron chi connectivity index (χ2n) is 4.34. The van der Waals surface area contributed by atoms with Crippen molar-refractivity contribution in [1.82, 2.24) is 5.32 Å². The standard InChI is InChI=1S/C11H12Cl2N2O5.H2O4S/c12-10(13)11(18)14-8(5-16)9(17)6-1-3-7(4-2-6)15(19)20;1-5(2,3)4/h1-4,8-10,16-17H,5H2,(H,14,18);(H2,1,2,3,4)/t8-,9-;/m1./s1. The first-order valence-corrected chi connectivity index (χ1v) is 8.45. The molecule has 0 unspecified atom stereocenters. The third-order valence-corrected chi connectivity index (χ3v) is 2.95. The molecule has 14 heteroatoms. The summed E-state index contributed by atoms with van der Waals surface area (Å²) in [4.78, 5) is 19.9. The summed E-state index contributed by atoms with van der Waals surface area (Å²) >= 11 is 10.7. The van der Waals surface area contributed by atoms with Gasteiger partial charge in [-0.1, -0.05) is 23.2 Å². The first-order chi connectivity index (χ1) is 11.4. The summed E-state index contributed by atoms with van der Waals surface area (Å²) in [6.07, 6.45) is -1.25.